The van der Waals surface area contributed by atoms with Crippen LogP contribution < -0.4 is 20.7 Å². The molecule has 0 aliphatic rings. The van der Waals surface area contributed by atoms with Crippen molar-refractivity contribution in [3.8, 4) is 5.75 Å². The molecule has 7 heteroatoms. The zero-order valence-corrected chi connectivity index (χ0v) is 16.1. The van der Waals surface area contributed by atoms with E-state index < -0.39 is 0 Å². The molecule has 0 spiro atoms. The third kappa shape index (κ3) is 6.76. The number of nitrogens with one attached hydrogen (secondary N) is 3. The smallest absolute Gasteiger partial charge is 0.261 e. The van der Waals surface area contributed by atoms with E-state index in [9.17, 15) is 4.79 Å². The van der Waals surface area contributed by atoms with Gasteiger partial charge in [0.15, 0.2) is 5.96 Å². The minimum Gasteiger partial charge on any atom is -0.497 e. The molecule has 1 heterocycles. The number of ether oxygens (including phenoxy) is 1. The Kier molecular flexibility index (Phi) is 8.48. The molecule has 0 aliphatic carbocycles. The molecule has 0 radical (unpaired) electrons. The summed E-state index contributed by atoms with van der Waals surface area (Å²) in [6.45, 7) is 4.75. The zero-order chi connectivity index (χ0) is 18.6. The summed E-state index contributed by atoms with van der Waals surface area (Å²) in [5.74, 6) is 1.58. The molecule has 26 heavy (non-hydrogen) atoms. The molecule has 1 amide bonds. The van der Waals surface area contributed by atoms with Gasteiger partial charge in [-0.2, -0.15) is 0 Å². The molecule has 3 N–H and O–H groups in total. The van der Waals surface area contributed by atoms with Gasteiger partial charge in [-0.3, -0.25) is 4.79 Å². The number of guanidine groups is 1. The Bertz CT molecular complexity index is 701. The molecule has 2 rings (SSSR count). The van der Waals surface area contributed by atoms with Crippen molar-refractivity contribution in [2.24, 2.45) is 4.99 Å². The maximum absolute atomic E-state index is 11.8. The molecule has 0 bridgehead atoms. The van der Waals surface area contributed by atoms with Crippen molar-refractivity contribution in [1.29, 1.82) is 0 Å². The van der Waals surface area contributed by atoms with Crippen LogP contribution in [0.1, 0.15) is 28.6 Å². The van der Waals surface area contributed by atoms with Gasteiger partial charge in [0.2, 0.25) is 0 Å². The fourth-order valence-corrected chi connectivity index (χ4v) is 2.91. The number of carbonyl (C=O) groups is 1. The molecule has 1 aromatic heterocycles. The van der Waals surface area contributed by atoms with E-state index in [1.807, 2.05) is 48.7 Å². The number of benzene rings is 1. The molecule has 0 aliphatic heterocycles. The third-order valence-corrected chi connectivity index (χ3v) is 4.44. The van der Waals surface area contributed by atoms with Crippen LogP contribution in [0, 0.1) is 0 Å². The lowest BCUT2D eigenvalue weighted by molar-refractivity contribution is 0.0957. The van der Waals surface area contributed by atoms with Crippen molar-refractivity contribution in [3.05, 3.63) is 52.2 Å². The van der Waals surface area contributed by atoms with Crippen molar-refractivity contribution >= 4 is 23.2 Å². The van der Waals surface area contributed by atoms with Gasteiger partial charge in [0.1, 0.15) is 5.75 Å². The highest BCUT2D eigenvalue weighted by Crippen LogP contribution is 2.13. The number of hydrogen-bond acceptors (Lipinski definition) is 4. The average molecular weight is 375 g/mol. The van der Waals surface area contributed by atoms with Crippen LogP contribution in [0.2, 0.25) is 0 Å². The highest BCUT2D eigenvalue weighted by Gasteiger charge is 2.05. The summed E-state index contributed by atoms with van der Waals surface area (Å²) >= 11 is 1.45. The quantitative estimate of drug-likeness (QED) is 0.358. The molecule has 2 aromatic rings. The SMILES string of the molecule is CCNC(=NCc1cccc(OC)c1)NCCCNC(=O)c1cccs1. The van der Waals surface area contributed by atoms with Crippen LogP contribution in [-0.4, -0.2) is 38.6 Å². The Morgan fingerprint density at radius 1 is 1.15 bits per heavy atom. The predicted octanol–water partition coefficient (Wildman–Crippen LogP) is 2.63. The predicted molar refractivity (Wildman–Crippen MR) is 107 cm³/mol. The van der Waals surface area contributed by atoms with Crippen molar-refractivity contribution in [2.45, 2.75) is 19.9 Å². The minimum absolute atomic E-state index is 0.0152. The van der Waals surface area contributed by atoms with E-state index in [0.29, 0.717) is 13.1 Å². The largest absolute Gasteiger partial charge is 0.497 e. The molecule has 0 saturated carbocycles. The molecular weight excluding hydrogens is 348 g/mol. The van der Waals surface area contributed by atoms with Crippen LogP contribution in [0.4, 0.5) is 0 Å². The van der Waals surface area contributed by atoms with E-state index in [-0.39, 0.29) is 5.91 Å². The Morgan fingerprint density at radius 3 is 2.73 bits per heavy atom. The van der Waals surface area contributed by atoms with Crippen LogP contribution in [0.15, 0.2) is 46.8 Å². The van der Waals surface area contributed by atoms with Gasteiger partial charge in [-0.25, -0.2) is 4.99 Å². The number of carbonyl (C=O) groups excluding carboxylic acids is 1. The van der Waals surface area contributed by atoms with E-state index in [4.69, 9.17) is 4.74 Å². The van der Waals surface area contributed by atoms with Gasteiger partial charge >= 0.3 is 0 Å². The third-order valence-electron chi connectivity index (χ3n) is 3.57. The standard InChI is InChI=1S/C19H26N4O2S/c1-3-20-19(23-14-15-7-4-8-16(13-15)25-2)22-11-6-10-21-18(24)17-9-5-12-26-17/h4-5,7-9,12-13H,3,6,10-11,14H2,1-2H3,(H,21,24)(H2,20,22,23). The van der Waals surface area contributed by atoms with Gasteiger partial charge in [-0.15, -0.1) is 11.3 Å². The Morgan fingerprint density at radius 2 is 2.00 bits per heavy atom. The first-order chi connectivity index (χ1) is 12.7. The summed E-state index contributed by atoms with van der Waals surface area (Å²) in [7, 11) is 1.66. The van der Waals surface area contributed by atoms with Gasteiger partial charge in [-0.05, 0) is 42.5 Å². The van der Waals surface area contributed by atoms with Crippen LogP contribution in [0.25, 0.3) is 0 Å². The summed E-state index contributed by atoms with van der Waals surface area (Å²) in [6, 6.07) is 11.6. The number of hydrogen-bond donors (Lipinski definition) is 3. The van der Waals surface area contributed by atoms with Crippen molar-refractivity contribution < 1.29 is 9.53 Å². The first-order valence-electron chi connectivity index (χ1n) is 8.69. The number of nitrogens with zero attached hydrogens (tertiary/aromatic N) is 1. The normalized spacial score (nSPS) is 11.1. The maximum atomic E-state index is 11.8. The number of rotatable bonds is 9. The van der Waals surface area contributed by atoms with Crippen LogP contribution >= 0.6 is 11.3 Å². The second-order valence-electron chi connectivity index (χ2n) is 5.56. The van der Waals surface area contributed by atoms with E-state index >= 15 is 0 Å². The number of thiophene rings is 1. The van der Waals surface area contributed by atoms with Crippen molar-refractivity contribution in [3.63, 3.8) is 0 Å². The topological polar surface area (TPSA) is 74.8 Å². The summed E-state index contributed by atoms with van der Waals surface area (Å²) in [5.41, 5.74) is 1.09. The van der Waals surface area contributed by atoms with Gasteiger partial charge in [0.25, 0.3) is 5.91 Å². The summed E-state index contributed by atoms with van der Waals surface area (Å²) in [6.07, 6.45) is 0.820. The molecule has 6 nitrogen and oxygen atoms in total. The van der Waals surface area contributed by atoms with Gasteiger partial charge < -0.3 is 20.7 Å². The highest BCUT2D eigenvalue weighted by molar-refractivity contribution is 7.12. The Hall–Kier alpha value is -2.54. The molecule has 0 saturated heterocycles. The summed E-state index contributed by atoms with van der Waals surface area (Å²) in [4.78, 5) is 17.2. The van der Waals surface area contributed by atoms with Crippen molar-refractivity contribution in [1.82, 2.24) is 16.0 Å². The minimum atomic E-state index is -0.0152. The number of aliphatic imine (C=N–C) groups is 1. The molecule has 140 valence electrons. The molecule has 0 unspecified atom stereocenters. The molecular formula is C19H26N4O2S. The first-order valence-corrected chi connectivity index (χ1v) is 9.57. The lowest BCUT2D eigenvalue weighted by Gasteiger charge is -2.11. The van der Waals surface area contributed by atoms with Crippen LogP contribution in [-0.2, 0) is 6.54 Å². The van der Waals surface area contributed by atoms with E-state index in [0.717, 1.165) is 41.7 Å². The second kappa shape index (κ2) is 11.1. The second-order valence-corrected chi connectivity index (χ2v) is 6.51. The van der Waals surface area contributed by atoms with Gasteiger partial charge in [0, 0.05) is 19.6 Å². The van der Waals surface area contributed by atoms with Crippen molar-refractivity contribution in [2.75, 3.05) is 26.7 Å². The lowest BCUT2D eigenvalue weighted by atomic mass is 10.2. The fraction of sp³-hybridized carbons (Fsp3) is 0.368. The Labute approximate surface area is 158 Å². The van der Waals surface area contributed by atoms with Gasteiger partial charge in [0.05, 0.1) is 18.5 Å². The highest BCUT2D eigenvalue weighted by atomic mass is 32.1. The molecule has 1 aromatic carbocycles. The fourth-order valence-electron chi connectivity index (χ4n) is 2.27. The van der Waals surface area contributed by atoms with Gasteiger partial charge in [-0.1, -0.05) is 18.2 Å². The van der Waals surface area contributed by atoms with E-state index in [2.05, 4.69) is 20.9 Å². The lowest BCUT2D eigenvalue weighted by Crippen LogP contribution is -2.38. The van der Waals surface area contributed by atoms with E-state index in [1.165, 1.54) is 11.3 Å². The first kappa shape index (κ1) is 19.8. The number of methoxy groups -OCH3 is 1. The average Bonchev–Trinajstić information content (AvgIpc) is 3.20. The van der Waals surface area contributed by atoms with Crippen LogP contribution in [0.3, 0.4) is 0 Å². The van der Waals surface area contributed by atoms with E-state index in [1.54, 1.807) is 7.11 Å². The summed E-state index contributed by atoms with van der Waals surface area (Å²) in [5, 5.41) is 11.3. The van der Waals surface area contributed by atoms with Crippen LogP contribution in [0.5, 0.6) is 5.75 Å². The summed E-state index contributed by atoms with van der Waals surface area (Å²) < 4.78 is 5.23. The Balaban J connectivity index is 1.73. The number of amides is 1. The molecule has 0 fully saturated rings. The molecule has 0 atom stereocenters. The maximum Gasteiger partial charge on any atom is 0.261 e. The monoisotopic (exact) mass is 374 g/mol. The zero-order valence-electron chi connectivity index (χ0n) is 15.2.